The predicted octanol–water partition coefficient (Wildman–Crippen LogP) is 2.14. The lowest BCUT2D eigenvalue weighted by atomic mass is 10.2. The second kappa shape index (κ2) is 2.94. The molecule has 0 amide bonds. The first-order chi connectivity index (χ1) is 6.93. The van der Waals surface area contributed by atoms with Crippen LogP contribution in [0.1, 0.15) is 24.3 Å². The summed E-state index contributed by atoms with van der Waals surface area (Å²) in [5.41, 5.74) is 2.40. The average molecular weight is 185 g/mol. The highest BCUT2D eigenvalue weighted by atomic mass is 15.3. The van der Waals surface area contributed by atoms with Crippen LogP contribution in [0.5, 0.6) is 0 Å². The monoisotopic (exact) mass is 185 g/mol. The highest BCUT2D eigenvalue weighted by molar-refractivity contribution is 5.34. The molecule has 0 spiro atoms. The minimum atomic E-state index is 0.748. The Labute approximate surface area is 82.4 Å². The van der Waals surface area contributed by atoms with Gasteiger partial charge < -0.3 is 0 Å². The summed E-state index contributed by atoms with van der Waals surface area (Å²) in [5, 5.41) is 4.18. The lowest BCUT2D eigenvalue weighted by molar-refractivity contribution is 0.868. The predicted molar refractivity (Wildman–Crippen MR) is 53.3 cm³/mol. The summed E-state index contributed by atoms with van der Waals surface area (Å²) in [6.45, 7) is 0. The summed E-state index contributed by atoms with van der Waals surface area (Å²) in [6.07, 6.45) is 10.1. The van der Waals surface area contributed by atoms with Crippen LogP contribution >= 0.6 is 0 Å². The van der Waals surface area contributed by atoms with Gasteiger partial charge in [0.1, 0.15) is 0 Å². The van der Waals surface area contributed by atoms with Crippen LogP contribution in [0.15, 0.2) is 36.9 Å². The molecule has 0 atom stereocenters. The molecule has 1 aliphatic carbocycles. The Morgan fingerprint density at radius 3 is 2.93 bits per heavy atom. The van der Waals surface area contributed by atoms with Crippen molar-refractivity contribution in [3.8, 4) is 5.69 Å². The molecule has 1 fully saturated rings. The van der Waals surface area contributed by atoms with E-state index < -0.39 is 0 Å². The van der Waals surface area contributed by atoms with Gasteiger partial charge in [-0.25, -0.2) is 4.68 Å². The van der Waals surface area contributed by atoms with Gasteiger partial charge >= 0.3 is 0 Å². The van der Waals surface area contributed by atoms with Gasteiger partial charge in [0, 0.05) is 18.6 Å². The summed E-state index contributed by atoms with van der Waals surface area (Å²) < 4.78 is 1.85. The molecule has 0 saturated heterocycles. The molecule has 0 bridgehead atoms. The molecule has 2 aromatic heterocycles. The van der Waals surface area contributed by atoms with Gasteiger partial charge in [0.25, 0.3) is 0 Å². The van der Waals surface area contributed by atoms with Crippen LogP contribution in [0.4, 0.5) is 0 Å². The Balaban J connectivity index is 2.02. The van der Waals surface area contributed by atoms with Crippen molar-refractivity contribution in [2.75, 3.05) is 0 Å². The van der Waals surface area contributed by atoms with Crippen molar-refractivity contribution < 1.29 is 0 Å². The highest BCUT2D eigenvalue weighted by Gasteiger charge is 2.23. The standard InChI is InChI=1S/C11H11N3/c1-4-13-14(5-1)11-6-10(7-12-8-11)9-2-3-9/h1,4-9H,2-3H2. The molecule has 0 aromatic carbocycles. The van der Waals surface area contributed by atoms with Crippen LogP contribution in [0.25, 0.3) is 5.69 Å². The molecule has 3 nitrogen and oxygen atoms in total. The Bertz CT molecular complexity index is 430. The zero-order valence-corrected chi connectivity index (χ0v) is 7.80. The zero-order chi connectivity index (χ0) is 9.38. The molecule has 14 heavy (non-hydrogen) atoms. The number of rotatable bonds is 2. The van der Waals surface area contributed by atoms with Gasteiger partial charge in [-0.3, -0.25) is 4.98 Å². The maximum Gasteiger partial charge on any atom is 0.0831 e. The smallest absolute Gasteiger partial charge is 0.0831 e. The van der Waals surface area contributed by atoms with Gasteiger partial charge in [-0.2, -0.15) is 5.10 Å². The van der Waals surface area contributed by atoms with Crippen LogP contribution in [0, 0.1) is 0 Å². The van der Waals surface area contributed by atoms with Crippen LogP contribution in [-0.4, -0.2) is 14.8 Å². The third kappa shape index (κ3) is 1.31. The third-order valence-corrected chi connectivity index (χ3v) is 2.56. The van der Waals surface area contributed by atoms with E-state index in [4.69, 9.17) is 0 Å². The van der Waals surface area contributed by atoms with Gasteiger partial charge in [-0.05, 0) is 36.5 Å². The summed E-state index contributed by atoms with van der Waals surface area (Å²) in [7, 11) is 0. The van der Waals surface area contributed by atoms with E-state index in [1.165, 1.54) is 18.4 Å². The number of pyridine rings is 1. The van der Waals surface area contributed by atoms with Gasteiger partial charge in [0.15, 0.2) is 0 Å². The van der Waals surface area contributed by atoms with Crippen molar-refractivity contribution in [1.29, 1.82) is 0 Å². The van der Waals surface area contributed by atoms with E-state index in [1.807, 2.05) is 29.3 Å². The fourth-order valence-electron chi connectivity index (χ4n) is 1.63. The Morgan fingerprint density at radius 1 is 1.29 bits per heavy atom. The third-order valence-electron chi connectivity index (χ3n) is 2.56. The van der Waals surface area contributed by atoms with E-state index in [-0.39, 0.29) is 0 Å². The molecule has 3 heteroatoms. The van der Waals surface area contributed by atoms with Crippen molar-refractivity contribution in [2.45, 2.75) is 18.8 Å². The summed E-state index contributed by atoms with van der Waals surface area (Å²) in [5.74, 6) is 0.748. The minimum absolute atomic E-state index is 0.748. The molecule has 2 aromatic rings. The number of aromatic nitrogens is 3. The van der Waals surface area contributed by atoms with Gasteiger partial charge in [-0.15, -0.1) is 0 Å². The molecule has 1 saturated carbocycles. The largest absolute Gasteiger partial charge is 0.262 e. The Hall–Kier alpha value is -1.64. The lowest BCUT2D eigenvalue weighted by Gasteiger charge is -2.02. The first-order valence-corrected chi connectivity index (χ1v) is 4.88. The van der Waals surface area contributed by atoms with Crippen molar-refractivity contribution in [3.05, 3.63) is 42.5 Å². The topological polar surface area (TPSA) is 30.7 Å². The molecule has 0 aliphatic heterocycles. The number of nitrogens with zero attached hydrogens (tertiary/aromatic N) is 3. The molecule has 3 rings (SSSR count). The molecule has 1 aliphatic rings. The first-order valence-electron chi connectivity index (χ1n) is 4.88. The molecule has 2 heterocycles. The second-order valence-electron chi connectivity index (χ2n) is 3.70. The molecular formula is C11H11N3. The molecular weight excluding hydrogens is 174 g/mol. The Kier molecular flexibility index (Phi) is 1.63. The van der Waals surface area contributed by atoms with E-state index in [2.05, 4.69) is 16.1 Å². The van der Waals surface area contributed by atoms with Crippen molar-refractivity contribution in [3.63, 3.8) is 0 Å². The maximum absolute atomic E-state index is 4.24. The average Bonchev–Trinajstić information content (AvgIpc) is 2.94. The molecule has 70 valence electrons. The van der Waals surface area contributed by atoms with Gasteiger partial charge in [0.05, 0.1) is 11.9 Å². The van der Waals surface area contributed by atoms with Crippen LogP contribution in [0.3, 0.4) is 0 Å². The SMILES string of the molecule is c1cnn(-c2cncc(C3CC3)c2)c1. The molecule has 0 radical (unpaired) electrons. The number of hydrogen-bond donors (Lipinski definition) is 0. The minimum Gasteiger partial charge on any atom is -0.262 e. The fraction of sp³-hybridized carbons (Fsp3) is 0.273. The lowest BCUT2D eigenvalue weighted by Crippen LogP contribution is -1.96. The molecule has 0 unspecified atom stereocenters. The second-order valence-corrected chi connectivity index (χ2v) is 3.70. The summed E-state index contributed by atoms with van der Waals surface area (Å²) >= 11 is 0. The van der Waals surface area contributed by atoms with E-state index >= 15 is 0 Å². The van der Waals surface area contributed by atoms with E-state index in [0.29, 0.717) is 0 Å². The summed E-state index contributed by atoms with van der Waals surface area (Å²) in [6, 6.07) is 4.10. The number of hydrogen-bond acceptors (Lipinski definition) is 2. The van der Waals surface area contributed by atoms with Crippen LogP contribution in [0.2, 0.25) is 0 Å². The van der Waals surface area contributed by atoms with Gasteiger partial charge in [-0.1, -0.05) is 0 Å². The summed E-state index contributed by atoms with van der Waals surface area (Å²) in [4.78, 5) is 4.24. The molecule has 0 N–H and O–H groups in total. The van der Waals surface area contributed by atoms with E-state index in [0.717, 1.165) is 11.6 Å². The quantitative estimate of drug-likeness (QED) is 0.717. The Morgan fingerprint density at radius 2 is 2.21 bits per heavy atom. The first kappa shape index (κ1) is 7.74. The van der Waals surface area contributed by atoms with Crippen molar-refractivity contribution in [1.82, 2.24) is 14.8 Å². The van der Waals surface area contributed by atoms with Crippen LogP contribution < -0.4 is 0 Å². The van der Waals surface area contributed by atoms with Crippen molar-refractivity contribution in [2.24, 2.45) is 0 Å². The highest BCUT2D eigenvalue weighted by Crippen LogP contribution is 2.39. The van der Waals surface area contributed by atoms with E-state index in [9.17, 15) is 0 Å². The normalized spacial score (nSPS) is 15.7. The van der Waals surface area contributed by atoms with E-state index in [1.54, 1.807) is 6.20 Å². The van der Waals surface area contributed by atoms with Gasteiger partial charge in [0.2, 0.25) is 0 Å². The van der Waals surface area contributed by atoms with Crippen LogP contribution in [-0.2, 0) is 0 Å². The zero-order valence-electron chi connectivity index (χ0n) is 7.80. The fourth-order valence-corrected chi connectivity index (χ4v) is 1.63. The maximum atomic E-state index is 4.24. The van der Waals surface area contributed by atoms with Crippen molar-refractivity contribution >= 4 is 0 Å².